The fourth-order valence-corrected chi connectivity index (χ4v) is 2.07. The second kappa shape index (κ2) is 8.25. The van der Waals surface area contributed by atoms with E-state index in [-0.39, 0.29) is 5.54 Å². The molecule has 4 heteroatoms. The van der Waals surface area contributed by atoms with Gasteiger partial charge in [0.2, 0.25) is 0 Å². The Morgan fingerprint density at radius 2 is 1.62 bits per heavy atom. The van der Waals surface area contributed by atoms with E-state index in [1.807, 2.05) is 12.1 Å². The van der Waals surface area contributed by atoms with E-state index in [2.05, 4.69) is 33.0 Å². The largest absolute Gasteiger partial charge is 0.493 e. The van der Waals surface area contributed by atoms with Crippen LogP contribution in [-0.4, -0.2) is 39.5 Å². The van der Waals surface area contributed by atoms with Gasteiger partial charge in [-0.3, -0.25) is 0 Å². The standard InChI is InChI=1S/C17H29NO3/c1-13-11-15(19-5)16(20-6)12-14(13)7-9-21-10-8-18-17(2,3)4/h11-12,18H,7-10H2,1-6H3. The summed E-state index contributed by atoms with van der Waals surface area (Å²) < 4.78 is 16.3. The van der Waals surface area contributed by atoms with Crippen molar-refractivity contribution in [2.45, 2.75) is 39.7 Å². The predicted octanol–water partition coefficient (Wildman–Crippen LogP) is 2.96. The molecule has 1 aromatic rings. The fourth-order valence-electron chi connectivity index (χ4n) is 2.07. The monoisotopic (exact) mass is 295 g/mol. The molecule has 0 spiro atoms. The molecule has 0 saturated heterocycles. The summed E-state index contributed by atoms with van der Waals surface area (Å²) in [6, 6.07) is 4.04. The van der Waals surface area contributed by atoms with E-state index in [4.69, 9.17) is 14.2 Å². The lowest BCUT2D eigenvalue weighted by molar-refractivity contribution is 0.133. The molecule has 4 nitrogen and oxygen atoms in total. The minimum Gasteiger partial charge on any atom is -0.493 e. The lowest BCUT2D eigenvalue weighted by atomic mass is 10.1. The van der Waals surface area contributed by atoms with E-state index < -0.39 is 0 Å². The van der Waals surface area contributed by atoms with Gasteiger partial charge in [-0.1, -0.05) is 0 Å². The van der Waals surface area contributed by atoms with Crippen molar-refractivity contribution >= 4 is 0 Å². The molecule has 0 unspecified atom stereocenters. The third-order valence-corrected chi connectivity index (χ3v) is 3.26. The number of rotatable bonds is 8. The molecule has 0 atom stereocenters. The van der Waals surface area contributed by atoms with Gasteiger partial charge >= 0.3 is 0 Å². The molecule has 1 aromatic carbocycles. The Labute approximate surface area is 128 Å². The Kier molecular flexibility index (Phi) is 6.99. The summed E-state index contributed by atoms with van der Waals surface area (Å²) in [6.45, 7) is 10.8. The normalized spacial score (nSPS) is 11.5. The second-order valence-corrected chi connectivity index (χ2v) is 6.17. The highest BCUT2D eigenvalue weighted by molar-refractivity contribution is 5.47. The van der Waals surface area contributed by atoms with Crippen molar-refractivity contribution in [3.8, 4) is 11.5 Å². The number of ether oxygens (including phenoxy) is 3. The van der Waals surface area contributed by atoms with Crippen LogP contribution >= 0.6 is 0 Å². The molecule has 0 heterocycles. The third kappa shape index (κ3) is 6.36. The van der Waals surface area contributed by atoms with Gasteiger partial charge in [-0.2, -0.15) is 0 Å². The van der Waals surface area contributed by atoms with Crippen molar-refractivity contribution < 1.29 is 14.2 Å². The lowest BCUT2D eigenvalue weighted by Crippen LogP contribution is -2.38. The highest BCUT2D eigenvalue weighted by atomic mass is 16.5. The average molecular weight is 295 g/mol. The zero-order chi connectivity index (χ0) is 15.9. The molecule has 0 bridgehead atoms. The maximum absolute atomic E-state index is 5.68. The first-order valence-corrected chi connectivity index (χ1v) is 7.41. The molecule has 0 fully saturated rings. The number of aryl methyl sites for hydroxylation is 1. The Morgan fingerprint density at radius 3 is 2.19 bits per heavy atom. The number of benzene rings is 1. The molecule has 21 heavy (non-hydrogen) atoms. The topological polar surface area (TPSA) is 39.7 Å². The summed E-state index contributed by atoms with van der Waals surface area (Å²) in [4.78, 5) is 0. The van der Waals surface area contributed by atoms with Crippen LogP contribution in [0.5, 0.6) is 11.5 Å². The molecule has 120 valence electrons. The SMILES string of the molecule is COc1cc(C)c(CCOCCNC(C)(C)C)cc1OC. The summed E-state index contributed by atoms with van der Waals surface area (Å²) in [5, 5.41) is 3.40. The zero-order valence-electron chi connectivity index (χ0n) is 14.2. The molecular weight excluding hydrogens is 266 g/mol. The summed E-state index contributed by atoms with van der Waals surface area (Å²) >= 11 is 0. The number of methoxy groups -OCH3 is 2. The van der Waals surface area contributed by atoms with Crippen LogP contribution < -0.4 is 14.8 Å². The van der Waals surface area contributed by atoms with E-state index in [1.165, 1.54) is 11.1 Å². The molecule has 0 saturated carbocycles. The Hall–Kier alpha value is -1.26. The third-order valence-electron chi connectivity index (χ3n) is 3.26. The minimum absolute atomic E-state index is 0.142. The van der Waals surface area contributed by atoms with Crippen LogP contribution in [0.3, 0.4) is 0 Å². The number of hydrogen-bond acceptors (Lipinski definition) is 4. The molecule has 0 aliphatic heterocycles. The molecule has 0 aromatic heterocycles. The van der Waals surface area contributed by atoms with Gasteiger partial charge in [0.05, 0.1) is 27.4 Å². The Balaban J connectivity index is 2.42. The van der Waals surface area contributed by atoms with Crippen LogP contribution in [0, 0.1) is 6.92 Å². The summed E-state index contributed by atoms with van der Waals surface area (Å²) in [5.74, 6) is 1.54. The smallest absolute Gasteiger partial charge is 0.161 e. The average Bonchev–Trinajstić information content (AvgIpc) is 2.42. The molecule has 0 aliphatic carbocycles. The van der Waals surface area contributed by atoms with Crippen molar-refractivity contribution in [3.63, 3.8) is 0 Å². The maximum atomic E-state index is 5.68. The van der Waals surface area contributed by atoms with Crippen LogP contribution in [-0.2, 0) is 11.2 Å². The molecule has 0 amide bonds. The molecular formula is C17H29NO3. The minimum atomic E-state index is 0.142. The lowest BCUT2D eigenvalue weighted by Gasteiger charge is -2.20. The first-order chi connectivity index (χ1) is 9.87. The van der Waals surface area contributed by atoms with Gasteiger partial charge in [-0.25, -0.2) is 0 Å². The fraction of sp³-hybridized carbons (Fsp3) is 0.647. The van der Waals surface area contributed by atoms with Crippen LogP contribution in [0.2, 0.25) is 0 Å². The van der Waals surface area contributed by atoms with Gasteiger partial charge in [0.25, 0.3) is 0 Å². The predicted molar refractivity (Wildman–Crippen MR) is 86.6 cm³/mol. The van der Waals surface area contributed by atoms with Gasteiger partial charge in [-0.05, 0) is 57.4 Å². The summed E-state index contributed by atoms with van der Waals surface area (Å²) in [5.41, 5.74) is 2.57. The number of hydrogen-bond donors (Lipinski definition) is 1. The second-order valence-electron chi connectivity index (χ2n) is 6.17. The van der Waals surface area contributed by atoms with Crippen molar-refractivity contribution in [2.24, 2.45) is 0 Å². The van der Waals surface area contributed by atoms with E-state index in [1.54, 1.807) is 14.2 Å². The highest BCUT2D eigenvalue weighted by Crippen LogP contribution is 2.30. The van der Waals surface area contributed by atoms with Crippen molar-refractivity contribution in [1.29, 1.82) is 0 Å². The maximum Gasteiger partial charge on any atom is 0.161 e. The van der Waals surface area contributed by atoms with Crippen molar-refractivity contribution in [2.75, 3.05) is 34.0 Å². The van der Waals surface area contributed by atoms with Crippen molar-refractivity contribution in [1.82, 2.24) is 5.32 Å². The number of nitrogens with one attached hydrogen (secondary N) is 1. The van der Waals surface area contributed by atoms with Crippen LogP contribution in [0.1, 0.15) is 31.9 Å². The van der Waals surface area contributed by atoms with Gasteiger partial charge in [0, 0.05) is 12.1 Å². The molecule has 1 N–H and O–H groups in total. The van der Waals surface area contributed by atoms with Crippen LogP contribution in [0.25, 0.3) is 0 Å². The first-order valence-electron chi connectivity index (χ1n) is 7.41. The van der Waals surface area contributed by atoms with Crippen LogP contribution in [0.4, 0.5) is 0 Å². The van der Waals surface area contributed by atoms with E-state index in [9.17, 15) is 0 Å². The molecule has 1 rings (SSSR count). The van der Waals surface area contributed by atoms with Crippen LogP contribution in [0.15, 0.2) is 12.1 Å². The van der Waals surface area contributed by atoms with Gasteiger partial charge in [0.1, 0.15) is 0 Å². The van der Waals surface area contributed by atoms with E-state index in [0.29, 0.717) is 6.61 Å². The van der Waals surface area contributed by atoms with Gasteiger partial charge in [0.15, 0.2) is 11.5 Å². The van der Waals surface area contributed by atoms with E-state index >= 15 is 0 Å². The van der Waals surface area contributed by atoms with Gasteiger partial charge < -0.3 is 19.5 Å². The molecule has 0 radical (unpaired) electrons. The highest BCUT2D eigenvalue weighted by Gasteiger charge is 2.09. The summed E-state index contributed by atoms with van der Waals surface area (Å²) in [7, 11) is 3.31. The Bertz CT molecular complexity index is 438. The summed E-state index contributed by atoms with van der Waals surface area (Å²) in [6.07, 6.45) is 0.877. The Morgan fingerprint density at radius 1 is 1.00 bits per heavy atom. The van der Waals surface area contributed by atoms with E-state index in [0.717, 1.165) is 31.1 Å². The first kappa shape index (κ1) is 17.8. The van der Waals surface area contributed by atoms with Gasteiger partial charge in [-0.15, -0.1) is 0 Å². The quantitative estimate of drug-likeness (QED) is 0.749. The molecule has 0 aliphatic rings. The zero-order valence-corrected chi connectivity index (χ0v) is 14.2. The van der Waals surface area contributed by atoms with Crippen molar-refractivity contribution in [3.05, 3.63) is 23.3 Å².